The number of nitrogens with zero attached hydrogens (tertiary/aromatic N) is 1. The number of amides is 2. The second kappa shape index (κ2) is 11.3. The highest BCUT2D eigenvalue weighted by Gasteiger charge is 2.09. The van der Waals surface area contributed by atoms with E-state index in [-0.39, 0.29) is 18.4 Å². The van der Waals surface area contributed by atoms with Gasteiger partial charge in [0, 0.05) is 10.6 Å². The van der Waals surface area contributed by atoms with Gasteiger partial charge in [-0.15, -0.1) is 0 Å². The fraction of sp³-hybridized carbons (Fsp3) is 0.0870. The van der Waals surface area contributed by atoms with Crippen molar-refractivity contribution in [1.29, 1.82) is 0 Å². The third-order valence-electron chi connectivity index (χ3n) is 4.18. The lowest BCUT2D eigenvalue weighted by atomic mass is 10.2. The lowest BCUT2D eigenvalue weighted by molar-refractivity contribution is -0.118. The quantitative estimate of drug-likeness (QED) is 0.329. The third-order valence-corrected chi connectivity index (χ3v) is 5.05. The lowest BCUT2D eigenvalue weighted by Crippen LogP contribution is -2.20. The summed E-state index contributed by atoms with van der Waals surface area (Å²) in [5.41, 5.74) is 4.18. The highest BCUT2D eigenvalue weighted by molar-refractivity contribution is 9.10. The molecule has 0 radical (unpaired) electrons. The summed E-state index contributed by atoms with van der Waals surface area (Å²) >= 11 is 9.23. The molecule has 9 heteroatoms. The highest BCUT2D eigenvalue weighted by atomic mass is 79.9. The minimum atomic E-state index is -0.349. The molecule has 0 unspecified atom stereocenters. The van der Waals surface area contributed by atoms with Gasteiger partial charge in [-0.05, 0) is 76.1 Å². The first-order chi connectivity index (χ1) is 15.5. The summed E-state index contributed by atoms with van der Waals surface area (Å²) in [5.74, 6) is 0.381. The number of nitrogens with one attached hydrogen (secondary N) is 2. The summed E-state index contributed by atoms with van der Waals surface area (Å²) in [6, 6.07) is 18.8. The Kier molecular flexibility index (Phi) is 8.24. The van der Waals surface area contributed by atoms with Gasteiger partial charge in [0.2, 0.25) is 0 Å². The van der Waals surface area contributed by atoms with Crippen molar-refractivity contribution in [3.63, 3.8) is 0 Å². The van der Waals surface area contributed by atoms with Crippen LogP contribution in [0.15, 0.2) is 76.3 Å². The monoisotopic (exact) mass is 515 g/mol. The average Bonchev–Trinajstić information content (AvgIpc) is 2.79. The highest BCUT2D eigenvalue weighted by Crippen LogP contribution is 2.26. The lowest BCUT2D eigenvalue weighted by Gasteiger charge is -2.11. The third kappa shape index (κ3) is 6.57. The zero-order valence-electron chi connectivity index (χ0n) is 17.0. The Morgan fingerprint density at radius 2 is 1.81 bits per heavy atom. The number of para-hydroxylation sites is 2. The van der Waals surface area contributed by atoms with Crippen LogP contribution in [0.25, 0.3) is 0 Å². The SMILES string of the molecule is COc1ccccc1NC(=O)COc1ccc(/C=N/NC(=O)c2ccc(Cl)cc2)cc1Br. The van der Waals surface area contributed by atoms with Crippen molar-refractivity contribution in [3.05, 3.63) is 87.4 Å². The van der Waals surface area contributed by atoms with E-state index in [4.69, 9.17) is 21.1 Å². The molecule has 7 nitrogen and oxygen atoms in total. The van der Waals surface area contributed by atoms with Gasteiger partial charge < -0.3 is 14.8 Å². The average molecular weight is 517 g/mol. The maximum absolute atomic E-state index is 12.2. The number of methoxy groups -OCH3 is 1. The van der Waals surface area contributed by atoms with Crippen molar-refractivity contribution in [3.8, 4) is 11.5 Å². The summed E-state index contributed by atoms with van der Waals surface area (Å²) in [7, 11) is 1.53. The van der Waals surface area contributed by atoms with Crippen LogP contribution in [0, 0.1) is 0 Å². The number of rotatable bonds is 8. The zero-order valence-corrected chi connectivity index (χ0v) is 19.3. The molecule has 0 aliphatic heterocycles. The molecule has 0 atom stereocenters. The van der Waals surface area contributed by atoms with Gasteiger partial charge in [0.15, 0.2) is 6.61 Å². The molecule has 2 N–H and O–H groups in total. The Hall–Kier alpha value is -3.36. The van der Waals surface area contributed by atoms with Gasteiger partial charge >= 0.3 is 0 Å². The molecule has 0 heterocycles. The maximum Gasteiger partial charge on any atom is 0.271 e. The Balaban J connectivity index is 1.53. The summed E-state index contributed by atoms with van der Waals surface area (Å²) in [6.45, 7) is -0.179. The van der Waals surface area contributed by atoms with Crippen molar-refractivity contribution in [1.82, 2.24) is 5.43 Å². The molecule has 32 heavy (non-hydrogen) atoms. The largest absolute Gasteiger partial charge is 0.495 e. The summed E-state index contributed by atoms with van der Waals surface area (Å²) in [4.78, 5) is 24.2. The number of carbonyl (C=O) groups excluding carboxylic acids is 2. The Morgan fingerprint density at radius 3 is 2.53 bits per heavy atom. The molecule has 2 amide bonds. The van der Waals surface area contributed by atoms with E-state index in [1.807, 2.05) is 6.07 Å². The molecular formula is C23H19BrClN3O4. The normalized spacial score (nSPS) is 10.6. The van der Waals surface area contributed by atoms with E-state index in [0.29, 0.717) is 32.2 Å². The molecular weight excluding hydrogens is 498 g/mol. The minimum Gasteiger partial charge on any atom is -0.495 e. The van der Waals surface area contributed by atoms with Crippen LogP contribution in [0.4, 0.5) is 5.69 Å². The van der Waals surface area contributed by atoms with Gasteiger partial charge in [-0.1, -0.05) is 23.7 Å². The van der Waals surface area contributed by atoms with Gasteiger partial charge in [0.05, 0.1) is 23.5 Å². The fourth-order valence-corrected chi connectivity index (χ4v) is 3.26. The fourth-order valence-electron chi connectivity index (χ4n) is 2.62. The van der Waals surface area contributed by atoms with E-state index in [2.05, 4.69) is 31.8 Å². The Bertz CT molecular complexity index is 1140. The van der Waals surface area contributed by atoms with Crippen LogP contribution in [0.1, 0.15) is 15.9 Å². The number of benzene rings is 3. The molecule has 3 rings (SSSR count). The predicted octanol–water partition coefficient (Wildman–Crippen LogP) is 4.89. The van der Waals surface area contributed by atoms with Gasteiger partial charge in [-0.2, -0.15) is 5.10 Å². The molecule has 164 valence electrons. The molecule has 0 saturated carbocycles. The molecule has 0 saturated heterocycles. The predicted molar refractivity (Wildman–Crippen MR) is 128 cm³/mol. The molecule has 3 aromatic carbocycles. The van der Waals surface area contributed by atoms with Gasteiger partial charge in [-0.3, -0.25) is 9.59 Å². The molecule has 0 fully saturated rings. The number of ether oxygens (including phenoxy) is 2. The maximum atomic E-state index is 12.2. The van der Waals surface area contributed by atoms with Gasteiger partial charge in [-0.25, -0.2) is 5.43 Å². The standard InChI is InChI=1S/C23H19BrClN3O4/c1-31-21-5-3-2-4-19(21)27-22(29)14-32-20-11-6-15(12-18(20)24)13-26-28-23(30)16-7-9-17(25)10-8-16/h2-13H,14H2,1H3,(H,27,29)(H,28,30)/b26-13+. The van der Waals surface area contributed by atoms with E-state index in [0.717, 1.165) is 5.56 Å². The van der Waals surface area contributed by atoms with Crippen LogP contribution in [-0.2, 0) is 4.79 Å². The second-order valence-electron chi connectivity index (χ2n) is 6.43. The van der Waals surface area contributed by atoms with Crippen molar-refractivity contribution in [2.45, 2.75) is 0 Å². The molecule has 0 aliphatic carbocycles. The van der Waals surface area contributed by atoms with Crippen LogP contribution in [-0.4, -0.2) is 31.7 Å². The van der Waals surface area contributed by atoms with Crippen molar-refractivity contribution in [2.24, 2.45) is 5.10 Å². The number of hydrazone groups is 1. The molecule has 0 aliphatic rings. The first-order valence-corrected chi connectivity index (χ1v) is 10.6. The number of halogens is 2. The van der Waals surface area contributed by atoms with E-state index < -0.39 is 0 Å². The number of carbonyl (C=O) groups is 2. The van der Waals surface area contributed by atoms with E-state index >= 15 is 0 Å². The van der Waals surface area contributed by atoms with Crippen LogP contribution in [0.5, 0.6) is 11.5 Å². The number of hydrogen-bond acceptors (Lipinski definition) is 5. The molecule has 0 spiro atoms. The van der Waals surface area contributed by atoms with Crippen LogP contribution in [0.2, 0.25) is 5.02 Å². The van der Waals surface area contributed by atoms with Crippen molar-refractivity contribution < 1.29 is 19.1 Å². The summed E-state index contributed by atoms with van der Waals surface area (Å²) in [6.07, 6.45) is 1.50. The van der Waals surface area contributed by atoms with E-state index in [9.17, 15) is 9.59 Å². The van der Waals surface area contributed by atoms with Crippen LogP contribution in [0.3, 0.4) is 0 Å². The van der Waals surface area contributed by atoms with Crippen LogP contribution >= 0.6 is 27.5 Å². The zero-order chi connectivity index (χ0) is 22.9. The Morgan fingerprint density at radius 1 is 1.06 bits per heavy atom. The Labute approximate surface area is 198 Å². The molecule has 0 aromatic heterocycles. The van der Waals surface area contributed by atoms with Crippen molar-refractivity contribution >= 4 is 51.2 Å². The number of hydrogen-bond donors (Lipinski definition) is 2. The summed E-state index contributed by atoms with van der Waals surface area (Å²) in [5, 5.41) is 7.25. The first-order valence-electron chi connectivity index (χ1n) is 9.40. The van der Waals surface area contributed by atoms with Crippen molar-refractivity contribution in [2.75, 3.05) is 19.0 Å². The molecule has 3 aromatic rings. The summed E-state index contributed by atoms with van der Waals surface area (Å²) < 4.78 is 11.4. The number of anilines is 1. The molecule has 0 bridgehead atoms. The smallest absolute Gasteiger partial charge is 0.271 e. The van der Waals surface area contributed by atoms with Crippen LogP contribution < -0.4 is 20.2 Å². The van der Waals surface area contributed by atoms with Gasteiger partial charge in [0.1, 0.15) is 11.5 Å². The second-order valence-corrected chi connectivity index (χ2v) is 7.72. The van der Waals surface area contributed by atoms with Gasteiger partial charge in [0.25, 0.3) is 11.8 Å². The minimum absolute atomic E-state index is 0.179. The topological polar surface area (TPSA) is 89.0 Å². The first kappa shape index (κ1) is 23.3. The van der Waals surface area contributed by atoms with E-state index in [1.54, 1.807) is 60.7 Å². The van der Waals surface area contributed by atoms with E-state index in [1.165, 1.54) is 13.3 Å².